The lowest BCUT2D eigenvalue weighted by molar-refractivity contribution is -0.144. The third kappa shape index (κ3) is 4.33. The lowest BCUT2D eigenvalue weighted by Crippen LogP contribution is -2.22. The summed E-state index contributed by atoms with van der Waals surface area (Å²) in [4.78, 5) is 11.1. The molecule has 0 heterocycles. The fourth-order valence-electron chi connectivity index (χ4n) is 1.77. The lowest BCUT2D eigenvalue weighted by atomic mass is 9.86. The maximum atomic E-state index is 11.1. The van der Waals surface area contributed by atoms with Crippen molar-refractivity contribution >= 4 is 5.97 Å². The van der Waals surface area contributed by atoms with Crippen LogP contribution in [0.15, 0.2) is 24.3 Å². The molecule has 0 spiro atoms. The van der Waals surface area contributed by atoms with Gasteiger partial charge >= 0.3 is 5.97 Å². The summed E-state index contributed by atoms with van der Waals surface area (Å²) in [6.45, 7) is 6.31. The molecule has 0 aliphatic rings. The largest absolute Gasteiger partial charge is 0.469 e. The standard InChI is InChI=1S/C15H22O4/c1-15(2,3)11-7-5-10(6-8-11)14(18)12(16)9-13(17)19-4/h5-8,12,14,16,18H,9H2,1-4H3. The number of aliphatic hydroxyl groups excluding tert-OH is 2. The van der Waals surface area contributed by atoms with Gasteiger partial charge in [-0.2, -0.15) is 0 Å². The molecule has 1 aromatic carbocycles. The molecule has 106 valence electrons. The first kappa shape index (κ1) is 15.7. The van der Waals surface area contributed by atoms with E-state index >= 15 is 0 Å². The second-order valence-corrected chi connectivity index (χ2v) is 5.66. The number of carbonyl (C=O) groups excluding carboxylic acids is 1. The smallest absolute Gasteiger partial charge is 0.308 e. The summed E-state index contributed by atoms with van der Waals surface area (Å²) in [6, 6.07) is 7.38. The normalized spacial score (nSPS) is 14.8. The Balaban J connectivity index is 2.77. The second kappa shape index (κ2) is 6.17. The SMILES string of the molecule is COC(=O)CC(O)C(O)c1ccc(C(C)(C)C)cc1. The van der Waals surface area contributed by atoms with Crippen molar-refractivity contribution in [3.05, 3.63) is 35.4 Å². The molecular formula is C15H22O4. The second-order valence-electron chi connectivity index (χ2n) is 5.66. The van der Waals surface area contributed by atoms with Gasteiger partial charge in [0.1, 0.15) is 6.10 Å². The predicted octanol–water partition coefficient (Wildman–Crippen LogP) is 1.94. The van der Waals surface area contributed by atoms with Gasteiger partial charge in [0.2, 0.25) is 0 Å². The monoisotopic (exact) mass is 266 g/mol. The fourth-order valence-corrected chi connectivity index (χ4v) is 1.77. The molecule has 0 bridgehead atoms. The summed E-state index contributed by atoms with van der Waals surface area (Å²) < 4.78 is 4.46. The number of hydrogen-bond donors (Lipinski definition) is 2. The van der Waals surface area contributed by atoms with Crippen LogP contribution in [0.5, 0.6) is 0 Å². The van der Waals surface area contributed by atoms with E-state index in [4.69, 9.17) is 0 Å². The Morgan fingerprint density at radius 2 is 1.74 bits per heavy atom. The van der Waals surface area contributed by atoms with Crippen molar-refractivity contribution in [3.8, 4) is 0 Å². The van der Waals surface area contributed by atoms with Crippen LogP contribution in [0, 0.1) is 0 Å². The van der Waals surface area contributed by atoms with Crippen LogP contribution < -0.4 is 0 Å². The Morgan fingerprint density at radius 3 is 2.16 bits per heavy atom. The van der Waals surface area contributed by atoms with Crippen molar-refractivity contribution in [1.29, 1.82) is 0 Å². The molecule has 2 N–H and O–H groups in total. The molecule has 0 aliphatic heterocycles. The molecule has 0 saturated carbocycles. The Kier molecular flexibility index (Phi) is 5.09. The van der Waals surface area contributed by atoms with E-state index in [1.807, 2.05) is 12.1 Å². The minimum atomic E-state index is -1.16. The van der Waals surface area contributed by atoms with Gasteiger partial charge in [0.15, 0.2) is 0 Å². The summed E-state index contributed by atoms with van der Waals surface area (Å²) in [5.41, 5.74) is 1.77. The van der Waals surface area contributed by atoms with Gasteiger partial charge in [0.05, 0.1) is 19.6 Å². The maximum absolute atomic E-state index is 11.1. The van der Waals surface area contributed by atoms with Crippen molar-refractivity contribution in [2.75, 3.05) is 7.11 Å². The molecule has 1 rings (SSSR count). The third-order valence-electron chi connectivity index (χ3n) is 3.09. The zero-order valence-corrected chi connectivity index (χ0v) is 11.9. The van der Waals surface area contributed by atoms with Crippen LogP contribution in [0.2, 0.25) is 0 Å². The molecule has 4 nitrogen and oxygen atoms in total. The average Bonchev–Trinajstić information content (AvgIpc) is 2.36. The molecule has 0 saturated heterocycles. The number of hydrogen-bond acceptors (Lipinski definition) is 4. The highest BCUT2D eigenvalue weighted by molar-refractivity contribution is 5.69. The number of aliphatic hydroxyl groups is 2. The minimum absolute atomic E-state index is 0.0358. The van der Waals surface area contributed by atoms with Gasteiger partial charge < -0.3 is 14.9 Å². The Morgan fingerprint density at radius 1 is 1.21 bits per heavy atom. The highest BCUT2D eigenvalue weighted by atomic mass is 16.5. The van der Waals surface area contributed by atoms with Crippen LogP contribution in [0.25, 0.3) is 0 Å². The van der Waals surface area contributed by atoms with E-state index in [-0.39, 0.29) is 11.8 Å². The van der Waals surface area contributed by atoms with Crippen LogP contribution in [0.3, 0.4) is 0 Å². The van der Waals surface area contributed by atoms with Crippen LogP contribution in [-0.2, 0) is 14.9 Å². The Hall–Kier alpha value is -1.39. The van der Waals surface area contributed by atoms with Crippen LogP contribution in [0.4, 0.5) is 0 Å². The summed E-state index contributed by atoms with van der Waals surface area (Å²) >= 11 is 0. The van der Waals surface area contributed by atoms with Crippen molar-refractivity contribution in [2.45, 2.75) is 44.8 Å². The number of esters is 1. The number of methoxy groups -OCH3 is 1. The molecule has 4 heteroatoms. The molecule has 0 aliphatic carbocycles. The highest BCUT2D eigenvalue weighted by Crippen LogP contribution is 2.25. The summed E-state index contributed by atoms with van der Waals surface area (Å²) in [6.07, 6.45) is -2.47. The first-order valence-corrected chi connectivity index (χ1v) is 6.29. The summed E-state index contributed by atoms with van der Waals surface area (Å²) in [5.74, 6) is -0.544. The van der Waals surface area contributed by atoms with Gasteiger partial charge in [-0.1, -0.05) is 45.0 Å². The predicted molar refractivity (Wildman–Crippen MR) is 72.7 cm³/mol. The van der Waals surface area contributed by atoms with E-state index in [2.05, 4.69) is 25.5 Å². The van der Waals surface area contributed by atoms with Gasteiger partial charge in [-0.15, -0.1) is 0 Å². The molecule has 0 amide bonds. The van der Waals surface area contributed by atoms with E-state index in [9.17, 15) is 15.0 Å². The van der Waals surface area contributed by atoms with E-state index in [0.717, 1.165) is 5.56 Å². The van der Waals surface area contributed by atoms with Crippen molar-refractivity contribution in [2.24, 2.45) is 0 Å². The average molecular weight is 266 g/mol. The maximum Gasteiger partial charge on any atom is 0.308 e. The third-order valence-corrected chi connectivity index (χ3v) is 3.09. The van der Waals surface area contributed by atoms with Gasteiger partial charge in [0, 0.05) is 0 Å². The highest BCUT2D eigenvalue weighted by Gasteiger charge is 2.22. The molecule has 0 radical (unpaired) electrons. The Bertz CT molecular complexity index is 417. The van der Waals surface area contributed by atoms with Crippen molar-refractivity contribution in [3.63, 3.8) is 0 Å². The zero-order valence-electron chi connectivity index (χ0n) is 11.9. The van der Waals surface area contributed by atoms with E-state index in [0.29, 0.717) is 5.56 Å². The van der Waals surface area contributed by atoms with E-state index in [1.165, 1.54) is 7.11 Å². The van der Waals surface area contributed by atoms with Crippen LogP contribution >= 0.6 is 0 Å². The molecule has 2 unspecified atom stereocenters. The Labute approximate surface area is 114 Å². The topological polar surface area (TPSA) is 66.8 Å². The van der Waals surface area contributed by atoms with Gasteiger partial charge in [0.25, 0.3) is 0 Å². The molecule has 0 aromatic heterocycles. The summed E-state index contributed by atoms with van der Waals surface area (Å²) in [7, 11) is 1.25. The lowest BCUT2D eigenvalue weighted by Gasteiger charge is -2.21. The minimum Gasteiger partial charge on any atom is -0.469 e. The molecule has 19 heavy (non-hydrogen) atoms. The van der Waals surface area contributed by atoms with E-state index < -0.39 is 18.2 Å². The number of benzene rings is 1. The fraction of sp³-hybridized carbons (Fsp3) is 0.533. The quantitative estimate of drug-likeness (QED) is 0.817. The molecular weight excluding hydrogens is 244 g/mol. The number of rotatable bonds is 4. The first-order chi connectivity index (χ1) is 8.75. The summed E-state index contributed by atoms with van der Waals surface area (Å²) in [5, 5.41) is 19.7. The zero-order chi connectivity index (χ0) is 14.6. The van der Waals surface area contributed by atoms with E-state index in [1.54, 1.807) is 12.1 Å². The van der Waals surface area contributed by atoms with Gasteiger partial charge in [-0.25, -0.2) is 0 Å². The molecule has 0 fully saturated rings. The van der Waals surface area contributed by atoms with Gasteiger partial charge in [-0.05, 0) is 16.5 Å². The van der Waals surface area contributed by atoms with Crippen LogP contribution in [0.1, 0.15) is 44.4 Å². The van der Waals surface area contributed by atoms with Crippen molar-refractivity contribution in [1.82, 2.24) is 0 Å². The first-order valence-electron chi connectivity index (χ1n) is 6.29. The number of carbonyl (C=O) groups is 1. The number of ether oxygens (including phenoxy) is 1. The van der Waals surface area contributed by atoms with Crippen LogP contribution in [-0.4, -0.2) is 29.4 Å². The van der Waals surface area contributed by atoms with Gasteiger partial charge in [-0.3, -0.25) is 4.79 Å². The molecule has 2 atom stereocenters. The molecule has 1 aromatic rings. The van der Waals surface area contributed by atoms with Crippen molar-refractivity contribution < 1.29 is 19.7 Å².